The molecule has 0 bridgehead atoms. The van der Waals surface area contributed by atoms with Gasteiger partial charge in [-0.1, -0.05) is 53.3 Å². The molecule has 0 spiro atoms. The summed E-state index contributed by atoms with van der Waals surface area (Å²) >= 11 is 24.6. The molecule has 1 aliphatic heterocycles. The first-order valence-electron chi connectivity index (χ1n) is 8.07. The number of esters is 1. The van der Waals surface area contributed by atoms with E-state index in [0.717, 1.165) is 45.7 Å². The van der Waals surface area contributed by atoms with Crippen molar-refractivity contribution >= 4 is 73.8 Å². The number of hydrogen-bond donors (Lipinski definition) is 0. The molecule has 2 heterocycles. The van der Waals surface area contributed by atoms with Gasteiger partial charge in [0.05, 0.1) is 6.61 Å². The first kappa shape index (κ1) is 20.5. The Kier molecular flexibility index (Phi) is 6.61. The van der Waals surface area contributed by atoms with Crippen molar-refractivity contribution in [2.24, 2.45) is 0 Å². The van der Waals surface area contributed by atoms with Crippen molar-refractivity contribution in [2.75, 3.05) is 26.5 Å². The molecule has 1 aromatic heterocycles. The lowest BCUT2D eigenvalue weighted by atomic mass is 10.0. The van der Waals surface area contributed by atoms with Crippen LogP contribution in [0.15, 0.2) is 12.1 Å². The number of carbonyl (C=O) groups excluding carboxylic acids is 1. The first-order chi connectivity index (χ1) is 12.3. The summed E-state index contributed by atoms with van der Waals surface area (Å²) in [6.45, 7) is 4.14. The minimum Gasteiger partial charge on any atom is -0.434 e. The SMILES string of the molecule is CCN1CCc2c(Cl)ccc3sc(C(=O)OCOCC(Cl)(Cl)Cl)c(c23)C1. The lowest BCUT2D eigenvalue weighted by Crippen LogP contribution is -2.24. The van der Waals surface area contributed by atoms with E-state index in [9.17, 15) is 4.79 Å². The summed E-state index contributed by atoms with van der Waals surface area (Å²) in [6.07, 6.45) is 0.856. The summed E-state index contributed by atoms with van der Waals surface area (Å²) < 4.78 is 9.81. The average Bonchev–Trinajstić information content (AvgIpc) is 2.81. The van der Waals surface area contributed by atoms with E-state index in [1.807, 2.05) is 12.1 Å². The van der Waals surface area contributed by atoms with Crippen molar-refractivity contribution in [1.29, 1.82) is 0 Å². The van der Waals surface area contributed by atoms with Crippen LogP contribution < -0.4 is 0 Å². The fourth-order valence-electron chi connectivity index (χ4n) is 3.02. The Balaban J connectivity index is 1.86. The van der Waals surface area contributed by atoms with E-state index in [4.69, 9.17) is 55.9 Å². The summed E-state index contributed by atoms with van der Waals surface area (Å²) in [5, 5.41) is 1.81. The fraction of sp³-hybridized carbons (Fsp3) is 0.471. The third kappa shape index (κ3) is 4.58. The number of alkyl halides is 3. The van der Waals surface area contributed by atoms with Gasteiger partial charge in [0.15, 0.2) is 6.79 Å². The second kappa shape index (κ2) is 8.39. The molecule has 26 heavy (non-hydrogen) atoms. The summed E-state index contributed by atoms with van der Waals surface area (Å²) in [5.41, 5.74) is 2.06. The molecule has 1 aromatic carbocycles. The van der Waals surface area contributed by atoms with E-state index in [2.05, 4.69) is 11.8 Å². The van der Waals surface area contributed by atoms with Crippen LogP contribution in [0.25, 0.3) is 10.1 Å². The van der Waals surface area contributed by atoms with Crippen LogP contribution >= 0.6 is 57.7 Å². The van der Waals surface area contributed by atoms with Crippen LogP contribution in [0.4, 0.5) is 0 Å². The average molecular weight is 457 g/mol. The highest BCUT2D eigenvalue weighted by atomic mass is 35.6. The highest BCUT2D eigenvalue weighted by Crippen LogP contribution is 2.39. The van der Waals surface area contributed by atoms with Gasteiger partial charge in [-0.15, -0.1) is 11.3 Å². The van der Waals surface area contributed by atoms with Crippen LogP contribution in [0, 0.1) is 0 Å². The van der Waals surface area contributed by atoms with Gasteiger partial charge in [0.2, 0.25) is 3.79 Å². The largest absolute Gasteiger partial charge is 0.434 e. The van der Waals surface area contributed by atoms with Gasteiger partial charge in [-0.2, -0.15) is 0 Å². The van der Waals surface area contributed by atoms with E-state index >= 15 is 0 Å². The predicted molar refractivity (Wildman–Crippen MR) is 108 cm³/mol. The van der Waals surface area contributed by atoms with Crippen LogP contribution in [0.3, 0.4) is 0 Å². The van der Waals surface area contributed by atoms with Crippen molar-refractivity contribution in [3.63, 3.8) is 0 Å². The lowest BCUT2D eigenvalue weighted by Gasteiger charge is -2.18. The summed E-state index contributed by atoms with van der Waals surface area (Å²) in [7, 11) is 0. The highest BCUT2D eigenvalue weighted by Gasteiger charge is 2.27. The van der Waals surface area contributed by atoms with Crippen molar-refractivity contribution in [2.45, 2.75) is 23.7 Å². The normalized spacial score (nSPS) is 15.3. The van der Waals surface area contributed by atoms with Crippen molar-refractivity contribution in [3.8, 4) is 0 Å². The molecule has 0 unspecified atom stereocenters. The molecule has 0 aliphatic carbocycles. The molecule has 0 fully saturated rings. The number of likely N-dealkylation sites (N-methyl/N-ethyl adjacent to an activating group) is 1. The second-order valence-electron chi connectivity index (χ2n) is 5.94. The van der Waals surface area contributed by atoms with Crippen molar-refractivity contribution in [3.05, 3.63) is 33.2 Å². The third-order valence-corrected chi connectivity index (χ3v) is 6.10. The molecule has 0 N–H and O–H groups in total. The number of nitrogens with zero attached hydrogens (tertiary/aromatic N) is 1. The van der Waals surface area contributed by atoms with Crippen LogP contribution in [0.5, 0.6) is 0 Å². The molecule has 0 saturated carbocycles. The molecule has 0 amide bonds. The van der Waals surface area contributed by atoms with Crippen LogP contribution in [-0.4, -0.2) is 41.2 Å². The van der Waals surface area contributed by atoms with Gasteiger partial charge >= 0.3 is 5.97 Å². The zero-order valence-electron chi connectivity index (χ0n) is 14.0. The molecule has 0 atom stereocenters. The predicted octanol–water partition coefficient (Wildman–Crippen LogP) is 5.43. The maximum Gasteiger partial charge on any atom is 0.350 e. The molecule has 1 aliphatic rings. The number of ether oxygens (including phenoxy) is 2. The van der Waals surface area contributed by atoms with Crippen molar-refractivity contribution < 1.29 is 14.3 Å². The van der Waals surface area contributed by atoms with Gasteiger partial charge < -0.3 is 9.47 Å². The quantitative estimate of drug-likeness (QED) is 0.260. The van der Waals surface area contributed by atoms with Crippen molar-refractivity contribution in [1.82, 2.24) is 4.90 Å². The van der Waals surface area contributed by atoms with Gasteiger partial charge in [-0.05, 0) is 36.2 Å². The molecule has 2 aromatic rings. The molecule has 9 heteroatoms. The first-order valence-corrected chi connectivity index (χ1v) is 10.4. The van der Waals surface area contributed by atoms with E-state index in [0.29, 0.717) is 11.4 Å². The maximum atomic E-state index is 12.6. The standard InChI is InChI=1S/C17H17Cl4NO3S/c1-2-22-6-5-10-12(18)3-4-13-14(10)11(7-22)15(26-13)16(23)25-9-24-8-17(19,20)21/h3-4H,2,5-9H2,1H3. The molecule has 3 rings (SSSR count). The number of carbonyl (C=O) groups is 1. The van der Waals surface area contributed by atoms with Crippen LogP contribution in [0.1, 0.15) is 27.7 Å². The highest BCUT2D eigenvalue weighted by molar-refractivity contribution is 7.21. The molecular weight excluding hydrogens is 440 g/mol. The summed E-state index contributed by atoms with van der Waals surface area (Å²) in [4.78, 5) is 15.5. The van der Waals surface area contributed by atoms with Gasteiger partial charge in [-0.3, -0.25) is 4.90 Å². The topological polar surface area (TPSA) is 38.8 Å². The molecule has 0 saturated heterocycles. The van der Waals surface area contributed by atoms with E-state index in [1.54, 1.807) is 0 Å². The van der Waals surface area contributed by atoms with E-state index in [1.165, 1.54) is 11.3 Å². The van der Waals surface area contributed by atoms with Gasteiger partial charge in [0, 0.05) is 28.2 Å². The zero-order chi connectivity index (χ0) is 18.9. The molecule has 4 nitrogen and oxygen atoms in total. The van der Waals surface area contributed by atoms with E-state index in [-0.39, 0.29) is 13.4 Å². The lowest BCUT2D eigenvalue weighted by molar-refractivity contribution is -0.0297. The minimum atomic E-state index is -1.54. The number of benzene rings is 1. The Bertz CT molecular complexity index is 818. The second-order valence-corrected chi connectivity index (χ2v) is 9.92. The Labute approximate surface area is 175 Å². The van der Waals surface area contributed by atoms with Gasteiger partial charge in [0.25, 0.3) is 0 Å². The van der Waals surface area contributed by atoms with Gasteiger partial charge in [0.1, 0.15) is 4.88 Å². The third-order valence-electron chi connectivity index (χ3n) is 4.24. The fourth-order valence-corrected chi connectivity index (χ4v) is 4.64. The van der Waals surface area contributed by atoms with Crippen LogP contribution in [-0.2, 0) is 22.4 Å². The minimum absolute atomic E-state index is 0.159. The number of thiophene rings is 1. The number of rotatable bonds is 5. The summed E-state index contributed by atoms with van der Waals surface area (Å²) in [6, 6.07) is 3.84. The van der Waals surface area contributed by atoms with E-state index < -0.39 is 9.76 Å². The molecular formula is C17H17Cl4NO3S. The molecule has 142 valence electrons. The molecule has 0 radical (unpaired) electrons. The van der Waals surface area contributed by atoms with Gasteiger partial charge in [-0.25, -0.2) is 4.79 Å². The Morgan fingerprint density at radius 1 is 1.31 bits per heavy atom. The van der Waals surface area contributed by atoms with Crippen LogP contribution in [0.2, 0.25) is 5.02 Å². The zero-order valence-corrected chi connectivity index (χ0v) is 17.8. The number of hydrogen-bond acceptors (Lipinski definition) is 5. The monoisotopic (exact) mass is 455 g/mol. The Hall–Kier alpha value is -0.270. The number of halogens is 4. The maximum absolute atomic E-state index is 12.6. The smallest absolute Gasteiger partial charge is 0.350 e. The Morgan fingerprint density at radius 3 is 2.77 bits per heavy atom. The Morgan fingerprint density at radius 2 is 2.08 bits per heavy atom. The summed E-state index contributed by atoms with van der Waals surface area (Å²) in [5.74, 6) is -0.439.